The summed E-state index contributed by atoms with van der Waals surface area (Å²) < 4.78 is 26.9. The predicted octanol–water partition coefficient (Wildman–Crippen LogP) is 3.16. The molecule has 2 aromatic rings. The van der Waals surface area contributed by atoms with E-state index in [0.717, 1.165) is 17.7 Å². The second-order valence-electron chi connectivity index (χ2n) is 4.72. The number of halogens is 2. The van der Waals surface area contributed by atoms with Crippen LogP contribution >= 0.6 is 11.8 Å². The summed E-state index contributed by atoms with van der Waals surface area (Å²) in [4.78, 5) is 0.235. The lowest BCUT2D eigenvalue weighted by atomic mass is 9.93. The number of aliphatic hydroxyl groups is 1. The zero-order valence-electron chi connectivity index (χ0n) is 11.6. The second kappa shape index (κ2) is 7.02. The first kappa shape index (κ1) is 15.9. The van der Waals surface area contributed by atoms with Gasteiger partial charge in [0.1, 0.15) is 11.6 Å². The van der Waals surface area contributed by atoms with E-state index in [2.05, 4.69) is 5.32 Å². The van der Waals surface area contributed by atoms with Crippen LogP contribution in [-0.4, -0.2) is 24.5 Å². The molecule has 0 aliphatic heterocycles. The number of aliphatic hydroxyl groups excluding tert-OH is 1. The van der Waals surface area contributed by atoms with Crippen LogP contribution < -0.4 is 5.32 Å². The fourth-order valence-electron chi connectivity index (χ4n) is 2.06. The van der Waals surface area contributed by atoms with Crippen LogP contribution in [-0.2, 0) is 5.54 Å². The highest BCUT2D eigenvalue weighted by Gasteiger charge is 2.30. The van der Waals surface area contributed by atoms with E-state index >= 15 is 0 Å². The molecule has 0 saturated heterocycles. The third-order valence-electron chi connectivity index (χ3n) is 3.44. The minimum atomic E-state index is -0.704. The number of hydrogen-bond donors (Lipinski definition) is 2. The largest absolute Gasteiger partial charge is 0.394 e. The normalized spacial score (nSPS) is 13.9. The molecule has 2 N–H and O–H groups in total. The molecule has 0 aromatic heterocycles. The molecule has 0 aliphatic rings. The Morgan fingerprint density at radius 3 is 2.48 bits per heavy atom. The molecule has 0 radical (unpaired) electrons. The van der Waals surface area contributed by atoms with Gasteiger partial charge in [-0.3, -0.25) is 0 Å². The quantitative estimate of drug-likeness (QED) is 0.804. The van der Waals surface area contributed by atoms with Gasteiger partial charge < -0.3 is 10.4 Å². The molecule has 0 fully saturated rings. The van der Waals surface area contributed by atoms with Gasteiger partial charge in [-0.15, -0.1) is 11.8 Å². The van der Waals surface area contributed by atoms with Gasteiger partial charge in [0.15, 0.2) is 0 Å². The van der Waals surface area contributed by atoms with Crippen molar-refractivity contribution in [3.05, 3.63) is 65.7 Å². The molecule has 0 aliphatic carbocycles. The van der Waals surface area contributed by atoms with Crippen LogP contribution in [0.5, 0.6) is 0 Å². The van der Waals surface area contributed by atoms with Crippen LogP contribution in [0.15, 0.2) is 53.4 Å². The highest BCUT2D eigenvalue weighted by Crippen LogP contribution is 2.31. The number of benzene rings is 2. The van der Waals surface area contributed by atoms with Crippen molar-refractivity contribution in [1.82, 2.24) is 5.32 Å². The molecule has 2 rings (SSSR count). The Kier molecular flexibility index (Phi) is 5.33. The van der Waals surface area contributed by atoms with Crippen molar-refractivity contribution in [2.24, 2.45) is 0 Å². The summed E-state index contributed by atoms with van der Waals surface area (Å²) in [5.41, 5.74) is 0.198. The lowest BCUT2D eigenvalue weighted by Gasteiger charge is -2.32. The average Bonchev–Trinajstić information content (AvgIpc) is 2.53. The van der Waals surface area contributed by atoms with Crippen LogP contribution in [0.3, 0.4) is 0 Å². The highest BCUT2D eigenvalue weighted by molar-refractivity contribution is 7.99. The maximum Gasteiger partial charge on any atom is 0.136 e. The fraction of sp³-hybridized carbons (Fsp3) is 0.250. The first-order valence-electron chi connectivity index (χ1n) is 6.54. The van der Waals surface area contributed by atoms with E-state index in [1.165, 1.54) is 17.8 Å². The molecule has 21 heavy (non-hydrogen) atoms. The lowest BCUT2D eigenvalue weighted by Crippen LogP contribution is -2.45. The van der Waals surface area contributed by atoms with E-state index in [0.29, 0.717) is 5.75 Å². The Morgan fingerprint density at radius 2 is 1.86 bits per heavy atom. The fourth-order valence-corrected chi connectivity index (χ4v) is 3.27. The molecule has 2 nitrogen and oxygen atoms in total. The van der Waals surface area contributed by atoms with Gasteiger partial charge in [-0.1, -0.05) is 30.3 Å². The topological polar surface area (TPSA) is 32.3 Å². The number of likely N-dealkylation sites (N-methyl/N-ethyl adjacent to an activating group) is 1. The number of rotatable bonds is 6. The van der Waals surface area contributed by atoms with Crippen LogP contribution in [0.2, 0.25) is 0 Å². The average molecular weight is 309 g/mol. The van der Waals surface area contributed by atoms with Gasteiger partial charge in [0.25, 0.3) is 0 Å². The first-order chi connectivity index (χ1) is 10.1. The highest BCUT2D eigenvalue weighted by atomic mass is 32.2. The predicted molar refractivity (Wildman–Crippen MR) is 81.3 cm³/mol. The van der Waals surface area contributed by atoms with Gasteiger partial charge in [-0.2, -0.15) is 0 Å². The van der Waals surface area contributed by atoms with Gasteiger partial charge in [-0.25, -0.2) is 8.78 Å². The molecule has 2 aromatic carbocycles. The van der Waals surface area contributed by atoms with Crippen LogP contribution in [0.25, 0.3) is 0 Å². The van der Waals surface area contributed by atoms with Crippen molar-refractivity contribution >= 4 is 11.8 Å². The zero-order valence-corrected chi connectivity index (χ0v) is 12.5. The van der Waals surface area contributed by atoms with Crippen molar-refractivity contribution in [2.45, 2.75) is 10.4 Å². The molecule has 112 valence electrons. The summed E-state index contributed by atoms with van der Waals surface area (Å²) in [5.74, 6) is -0.556. The van der Waals surface area contributed by atoms with E-state index in [1.807, 2.05) is 30.3 Å². The van der Waals surface area contributed by atoms with Crippen molar-refractivity contribution in [3.63, 3.8) is 0 Å². The number of nitrogens with one attached hydrogen (secondary N) is 1. The standard InChI is InChI=1S/C16H17F2NOS/c1-19-16(10-20,12-5-3-2-4-6-12)11-21-15-9-13(17)7-8-14(15)18/h2-9,19-20H,10-11H2,1H3. The summed E-state index contributed by atoms with van der Waals surface area (Å²) in [7, 11) is 1.74. The van der Waals surface area contributed by atoms with Crippen LogP contribution in [0.4, 0.5) is 8.78 Å². The van der Waals surface area contributed by atoms with E-state index in [1.54, 1.807) is 7.05 Å². The minimum absolute atomic E-state index is 0.141. The van der Waals surface area contributed by atoms with Crippen molar-refractivity contribution in [3.8, 4) is 0 Å². The summed E-state index contributed by atoms with van der Waals surface area (Å²) >= 11 is 1.17. The Bertz CT molecular complexity index is 588. The molecular weight excluding hydrogens is 292 g/mol. The monoisotopic (exact) mass is 309 g/mol. The third kappa shape index (κ3) is 3.61. The maximum atomic E-state index is 13.7. The molecular formula is C16H17F2NOS. The van der Waals surface area contributed by atoms with E-state index in [9.17, 15) is 13.9 Å². The summed E-state index contributed by atoms with van der Waals surface area (Å²) in [6, 6.07) is 12.8. The number of hydrogen-bond acceptors (Lipinski definition) is 3. The molecule has 1 atom stereocenters. The number of thioether (sulfide) groups is 1. The molecule has 5 heteroatoms. The zero-order chi connectivity index (χ0) is 15.3. The van der Waals surface area contributed by atoms with Crippen molar-refractivity contribution in [1.29, 1.82) is 0 Å². The van der Waals surface area contributed by atoms with Crippen molar-refractivity contribution < 1.29 is 13.9 Å². The molecule has 0 amide bonds. The van der Waals surface area contributed by atoms with Crippen LogP contribution in [0.1, 0.15) is 5.56 Å². The Hall–Kier alpha value is -1.43. The molecule has 0 saturated carbocycles. The minimum Gasteiger partial charge on any atom is -0.394 e. The molecule has 0 spiro atoms. The Balaban J connectivity index is 2.23. The van der Waals surface area contributed by atoms with Gasteiger partial charge in [0.05, 0.1) is 12.1 Å². The Labute approximate surface area is 127 Å². The summed E-state index contributed by atoms with van der Waals surface area (Å²) in [6.07, 6.45) is 0. The SMILES string of the molecule is CNC(CO)(CSc1cc(F)ccc1F)c1ccccc1. The molecule has 0 heterocycles. The van der Waals surface area contributed by atoms with E-state index in [-0.39, 0.29) is 11.5 Å². The lowest BCUT2D eigenvalue weighted by molar-refractivity contribution is 0.187. The summed E-state index contributed by atoms with van der Waals surface area (Å²) in [6.45, 7) is -0.141. The Morgan fingerprint density at radius 1 is 1.14 bits per heavy atom. The maximum absolute atomic E-state index is 13.7. The van der Waals surface area contributed by atoms with E-state index < -0.39 is 17.2 Å². The summed E-state index contributed by atoms with van der Waals surface area (Å²) in [5, 5.41) is 12.9. The van der Waals surface area contributed by atoms with Gasteiger partial charge in [0.2, 0.25) is 0 Å². The molecule has 1 unspecified atom stereocenters. The first-order valence-corrected chi connectivity index (χ1v) is 7.53. The van der Waals surface area contributed by atoms with Gasteiger partial charge in [0, 0.05) is 10.6 Å². The van der Waals surface area contributed by atoms with E-state index in [4.69, 9.17) is 0 Å². The second-order valence-corrected chi connectivity index (χ2v) is 5.74. The van der Waals surface area contributed by atoms with Crippen LogP contribution in [0, 0.1) is 11.6 Å². The molecule has 0 bridgehead atoms. The van der Waals surface area contributed by atoms with Crippen molar-refractivity contribution in [2.75, 3.05) is 19.4 Å². The van der Waals surface area contributed by atoms with Gasteiger partial charge >= 0.3 is 0 Å². The third-order valence-corrected chi connectivity index (χ3v) is 4.70. The smallest absolute Gasteiger partial charge is 0.136 e. The van der Waals surface area contributed by atoms with Gasteiger partial charge in [-0.05, 0) is 30.8 Å².